The number of hydrogen-bond acceptors (Lipinski definition) is 6. The zero-order chi connectivity index (χ0) is 24.3. The van der Waals surface area contributed by atoms with Gasteiger partial charge in [-0.1, -0.05) is 67.1 Å². The highest BCUT2D eigenvalue weighted by molar-refractivity contribution is 5.85. The number of nitrogens with zero attached hydrogens (tertiary/aromatic N) is 3. The third kappa shape index (κ3) is 8.17. The van der Waals surface area contributed by atoms with Gasteiger partial charge >= 0.3 is 0 Å². The number of benzene rings is 2. The van der Waals surface area contributed by atoms with Crippen molar-refractivity contribution < 1.29 is 4.79 Å². The summed E-state index contributed by atoms with van der Waals surface area (Å²) in [6, 6.07) is 22.9. The molecule has 0 saturated carbocycles. The minimum absolute atomic E-state index is 0. The first-order chi connectivity index (χ1) is 16.5. The number of nitrogens with one attached hydrogen (secondary N) is 1. The van der Waals surface area contributed by atoms with Crippen molar-refractivity contribution in [3.63, 3.8) is 0 Å². The molecule has 4 rings (SSSR count). The van der Waals surface area contributed by atoms with Gasteiger partial charge in [-0.05, 0) is 36.1 Å². The fourth-order valence-corrected chi connectivity index (χ4v) is 3.36. The third-order valence-electron chi connectivity index (χ3n) is 5.21. The van der Waals surface area contributed by atoms with Crippen molar-refractivity contribution in [1.29, 1.82) is 0 Å². The van der Waals surface area contributed by atoms with Crippen molar-refractivity contribution in [3.05, 3.63) is 96.4 Å². The van der Waals surface area contributed by atoms with Crippen LogP contribution in [0.5, 0.6) is 0 Å². The molecule has 0 radical (unpaired) electrons. The van der Waals surface area contributed by atoms with Crippen LogP contribution in [0.3, 0.4) is 0 Å². The molecular weight excluding hydrogens is 460 g/mol. The van der Waals surface area contributed by atoms with E-state index < -0.39 is 5.91 Å². The zero-order valence-electron chi connectivity index (χ0n) is 19.9. The largest absolute Gasteiger partial charge is 0.369 e. The number of pyridine rings is 1. The van der Waals surface area contributed by atoms with Gasteiger partial charge in [0.1, 0.15) is 0 Å². The molecule has 0 aliphatic heterocycles. The first-order valence-corrected chi connectivity index (χ1v) is 11.1. The number of amides is 1. The normalized spacial score (nSPS) is 10.8. The lowest BCUT2D eigenvalue weighted by Crippen LogP contribution is -2.21. The number of carbonyl (C=O) groups excluding carboxylic acids is 1. The van der Waals surface area contributed by atoms with E-state index in [1.807, 2.05) is 24.4 Å². The molecule has 2 aromatic heterocycles. The predicted molar refractivity (Wildman–Crippen MR) is 144 cm³/mol. The van der Waals surface area contributed by atoms with Crippen molar-refractivity contribution in [2.75, 3.05) is 18.4 Å². The molecule has 4 aromatic rings. The second kappa shape index (κ2) is 13.8. The standard InChI is InChI=1S/C25H24N4.C2H6N2O.ClH/c1-18-7-6-10-22(15-18)23-17-28-25(29-24(23)21-11-13-26-14-12-21)27-16-19(2)20-8-4-3-5-9-20;3-1-2(4)5;/h3-15,17,19H,16H2,1-2H3,(H,27,28,29);1,3H2,(H2,4,5);1H. The molecule has 8 heteroatoms. The summed E-state index contributed by atoms with van der Waals surface area (Å²) in [5.74, 6) is 0.529. The molecule has 0 saturated heterocycles. The molecule has 1 amide bonds. The van der Waals surface area contributed by atoms with Gasteiger partial charge in [-0.3, -0.25) is 9.78 Å². The Morgan fingerprint density at radius 1 is 1.00 bits per heavy atom. The summed E-state index contributed by atoms with van der Waals surface area (Å²) in [5.41, 5.74) is 15.8. The summed E-state index contributed by atoms with van der Waals surface area (Å²) < 4.78 is 0. The Hall–Kier alpha value is -3.81. The molecule has 0 bridgehead atoms. The molecule has 7 nitrogen and oxygen atoms in total. The Bertz CT molecular complexity index is 1200. The van der Waals surface area contributed by atoms with Crippen LogP contribution in [0.25, 0.3) is 22.4 Å². The Morgan fingerprint density at radius 2 is 1.69 bits per heavy atom. The number of primary amides is 1. The van der Waals surface area contributed by atoms with Crippen LogP contribution in [0.15, 0.2) is 85.3 Å². The SMILES string of the molecule is Cc1cccc(-c2cnc(NCC(C)c3ccccc3)nc2-c2ccncc2)c1.Cl.NCC(N)=O. The van der Waals surface area contributed by atoms with Crippen LogP contribution in [0.1, 0.15) is 24.0 Å². The molecule has 35 heavy (non-hydrogen) atoms. The van der Waals surface area contributed by atoms with Gasteiger partial charge in [0.05, 0.1) is 12.2 Å². The number of hydrogen-bond donors (Lipinski definition) is 3. The van der Waals surface area contributed by atoms with Crippen LogP contribution in [0.4, 0.5) is 5.95 Å². The first kappa shape index (κ1) is 27.4. The van der Waals surface area contributed by atoms with E-state index in [0.29, 0.717) is 11.9 Å². The lowest BCUT2D eigenvalue weighted by molar-refractivity contribution is -0.116. The van der Waals surface area contributed by atoms with Crippen LogP contribution in [-0.2, 0) is 4.79 Å². The maximum atomic E-state index is 9.47. The summed E-state index contributed by atoms with van der Waals surface area (Å²) >= 11 is 0. The summed E-state index contributed by atoms with van der Waals surface area (Å²) in [4.78, 5) is 23.1. The van der Waals surface area contributed by atoms with Gasteiger partial charge in [0.15, 0.2) is 0 Å². The molecule has 0 spiro atoms. The highest BCUT2D eigenvalue weighted by Gasteiger charge is 2.13. The molecule has 0 fully saturated rings. The van der Waals surface area contributed by atoms with Crippen molar-refractivity contribution in [1.82, 2.24) is 15.0 Å². The average molecular weight is 491 g/mol. The molecule has 1 atom stereocenters. The Balaban J connectivity index is 0.000000656. The van der Waals surface area contributed by atoms with Gasteiger partial charge in [0.25, 0.3) is 0 Å². The molecule has 2 aromatic carbocycles. The van der Waals surface area contributed by atoms with Crippen molar-refractivity contribution in [2.45, 2.75) is 19.8 Å². The van der Waals surface area contributed by atoms with Gasteiger partial charge < -0.3 is 16.8 Å². The smallest absolute Gasteiger partial charge is 0.231 e. The molecule has 182 valence electrons. The molecule has 2 heterocycles. The van der Waals surface area contributed by atoms with E-state index in [9.17, 15) is 4.79 Å². The molecular formula is C27H31ClN6O. The van der Waals surface area contributed by atoms with Gasteiger partial charge in [-0.2, -0.15) is 0 Å². The maximum Gasteiger partial charge on any atom is 0.231 e. The summed E-state index contributed by atoms with van der Waals surface area (Å²) in [7, 11) is 0. The van der Waals surface area contributed by atoms with Crippen LogP contribution in [0, 0.1) is 6.92 Å². The highest BCUT2D eigenvalue weighted by Crippen LogP contribution is 2.31. The summed E-state index contributed by atoms with van der Waals surface area (Å²) in [5, 5.41) is 3.41. The Kier molecular flexibility index (Phi) is 10.8. The van der Waals surface area contributed by atoms with Crippen LogP contribution >= 0.6 is 12.4 Å². The second-order valence-electron chi connectivity index (χ2n) is 7.92. The first-order valence-electron chi connectivity index (χ1n) is 11.1. The molecule has 0 aliphatic carbocycles. The fraction of sp³-hybridized carbons (Fsp3) is 0.185. The van der Waals surface area contributed by atoms with E-state index in [-0.39, 0.29) is 19.0 Å². The summed E-state index contributed by atoms with van der Waals surface area (Å²) in [6.45, 7) is 5.01. The minimum Gasteiger partial charge on any atom is -0.369 e. The third-order valence-corrected chi connectivity index (χ3v) is 5.21. The van der Waals surface area contributed by atoms with E-state index in [1.54, 1.807) is 12.4 Å². The van der Waals surface area contributed by atoms with Crippen LogP contribution in [0.2, 0.25) is 0 Å². The molecule has 5 N–H and O–H groups in total. The van der Waals surface area contributed by atoms with E-state index in [1.165, 1.54) is 11.1 Å². The fourth-order valence-electron chi connectivity index (χ4n) is 3.36. The molecule has 1 unspecified atom stereocenters. The van der Waals surface area contributed by atoms with Gasteiger partial charge in [-0.15, -0.1) is 12.4 Å². The highest BCUT2D eigenvalue weighted by atomic mass is 35.5. The number of carbonyl (C=O) groups is 1. The van der Waals surface area contributed by atoms with Crippen LogP contribution < -0.4 is 16.8 Å². The number of aromatic nitrogens is 3. The number of anilines is 1. The maximum absolute atomic E-state index is 9.47. The lowest BCUT2D eigenvalue weighted by atomic mass is 10.00. The van der Waals surface area contributed by atoms with E-state index in [0.717, 1.165) is 28.9 Å². The lowest BCUT2D eigenvalue weighted by Gasteiger charge is -2.15. The second-order valence-corrected chi connectivity index (χ2v) is 7.92. The zero-order valence-corrected chi connectivity index (χ0v) is 20.7. The van der Waals surface area contributed by atoms with Gasteiger partial charge in [-0.25, -0.2) is 9.97 Å². The topological polar surface area (TPSA) is 120 Å². The number of aryl methyl sites for hydroxylation is 1. The minimum atomic E-state index is -0.468. The van der Waals surface area contributed by atoms with Crippen molar-refractivity contribution in [3.8, 4) is 22.4 Å². The number of rotatable bonds is 7. The number of nitrogens with two attached hydrogens (primary N) is 2. The van der Waals surface area contributed by atoms with Gasteiger partial charge in [0.2, 0.25) is 11.9 Å². The quantitative estimate of drug-likeness (QED) is 0.348. The Morgan fingerprint density at radius 3 is 2.31 bits per heavy atom. The van der Waals surface area contributed by atoms with E-state index >= 15 is 0 Å². The predicted octanol–water partition coefficient (Wildman–Crippen LogP) is 4.58. The number of halogens is 1. The van der Waals surface area contributed by atoms with Gasteiger partial charge in [0, 0.05) is 36.3 Å². The van der Waals surface area contributed by atoms with Crippen LogP contribution in [-0.4, -0.2) is 33.9 Å². The monoisotopic (exact) mass is 490 g/mol. The summed E-state index contributed by atoms with van der Waals surface area (Å²) in [6.07, 6.45) is 5.50. The average Bonchev–Trinajstić information content (AvgIpc) is 2.88. The molecule has 0 aliphatic rings. The van der Waals surface area contributed by atoms with Crippen molar-refractivity contribution >= 4 is 24.3 Å². The van der Waals surface area contributed by atoms with E-state index in [2.05, 4.69) is 83.4 Å². The Labute approximate surface area is 212 Å². The van der Waals surface area contributed by atoms with Crippen molar-refractivity contribution in [2.24, 2.45) is 11.5 Å². The van der Waals surface area contributed by atoms with E-state index in [4.69, 9.17) is 10.7 Å².